The fraction of sp³-hybridized carbons (Fsp3) is 0.812. The van der Waals surface area contributed by atoms with Gasteiger partial charge in [0.2, 0.25) is 0 Å². The lowest BCUT2D eigenvalue weighted by Crippen LogP contribution is -2.35. The van der Waals surface area contributed by atoms with E-state index in [0.717, 1.165) is 12.8 Å². The summed E-state index contributed by atoms with van der Waals surface area (Å²) >= 11 is 0. The van der Waals surface area contributed by atoms with Gasteiger partial charge in [0.25, 0.3) is 0 Å². The molecule has 1 unspecified atom stereocenters. The van der Waals surface area contributed by atoms with Crippen molar-refractivity contribution in [1.29, 1.82) is 0 Å². The first kappa shape index (κ1) is 17.2. The largest absolute Gasteiger partial charge is 0.276 e. The van der Waals surface area contributed by atoms with Crippen LogP contribution in [0.5, 0.6) is 0 Å². The maximum atomic E-state index is 5.65. The zero-order valence-corrected chi connectivity index (χ0v) is 13.3. The molecule has 1 heterocycles. The Bertz CT molecular complexity index is 335. The smallest absolute Gasteiger partial charge is 0.0521 e. The second kappa shape index (κ2) is 10.9. The number of hydrogen-bond acceptors (Lipinski definition) is 3. The van der Waals surface area contributed by atoms with Crippen LogP contribution >= 0.6 is 0 Å². The predicted octanol–water partition coefficient (Wildman–Crippen LogP) is 3.33. The van der Waals surface area contributed by atoms with Crippen molar-refractivity contribution in [2.45, 2.75) is 77.2 Å². The molecular formula is C16H32N4. The number of aromatic nitrogens is 2. The Hall–Kier alpha value is -0.870. The van der Waals surface area contributed by atoms with E-state index in [9.17, 15) is 0 Å². The van der Waals surface area contributed by atoms with Gasteiger partial charge in [-0.2, -0.15) is 5.10 Å². The van der Waals surface area contributed by atoms with Gasteiger partial charge in [0.1, 0.15) is 0 Å². The quantitative estimate of drug-likeness (QED) is 0.351. The van der Waals surface area contributed by atoms with Crippen LogP contribution in [0.25, 0.3) is 0 Å². The minimum atomic E-state index is 0.436. The molecule has 0 aromatic carbocycles. The zero-order chi connectivity index (χ0) is 14.6. The van der Waals surface area contributed by atoms with Crippen LogP contribution in [-0.2, 0) is 13.5 Å². The number of nitrogens with two attached hydrogens (primary N) is 1. The second-order valence-corrected chi connectivity index (χ2v) is 5.83. The molecule has 0 aliphatic carbocycles. The Morgan fingerprint density at radius 2 is 1.85 bits per heavy atom. The summed E-state index contributed by atoms with van der Waals surface area (Å²) in [4.78, 5) is 0. The van der Waals surface area contributed by atoms with Gasteiger partial charge in [-0.15, -0.1) is 0 Å². The van der Waals surface area contributed by atoms with Crippen molar-refractivity contribution in [1.82, 2.24) is 15.2 Å². The molecule has 0 spiro atoms. The lowest BCUT2D eigenvalue weighted by atomic mass is 10.0. The van der Waals surface area contributed by atoms with Gasteiger partial charge >= 0.3 is 0 Å². The van der Waals surface area contributed by atoms with Gasteiger partial charge in [-0.05, 0) is 24.8 Å². The van der Waals surface area contributed by atoms with E-state index in [2.05, 4.69) is 23.6 Å². The summed E-state index contributed by atoms with van der Waals surface area (Å²) in [6, 6.07) is 0.436. The summed E-state index contributed by atoms with van der Waals surface area (Å²) in [6.45, 7) is 2.26. The average Bonchev–Trinajstić information content (AvgIpc) is 2.87. The van der Waals surface area contributed by atoms with Crippen LogP contribution in [0.3, 0.4) is 0 Å². The summed E-state index contributed by atoms with van der Waals surface area (Å²) in [5.74, 6) is 5.65. The number of hydrogen-bond donors (Lipinski definition) is 2. The molecule has 4 heteroatoms. The highest BCUT2D eigenvalue weighted by atomic mass is 15.2. The van der Waals surface area contributed by atoms with E-state index < -0.39 is 0 Å². The van der Waals surface area contributed by atoms with Crippen LogP contribution in [-0.4, -0.2) is 15.8 Å². The Balaban J connectivity index is 2.04. The molecule has 1 rings (SSSR count). The van der Waals surface area contributed by atoms with Crippen molar-refractivity contribution in [3.05, 3.63) is 18.0 Å². The summed E-state index contributed by atoms with van der Waals surface area (Å²) < 4.78 is 1.86. The van der Waals surface area contributed by atoms with Crippen LogP contribution in [0.15, 0.2) is 12.4 Å². The molecule has 0 saturated carbocycles. The Labute approximate surface area is 124 Å². The minimum absolute atomic E-state index is 0.436. The molecule has 0 fully saturated rings. The fourth-order valence-corrected chi connectivity index (χ4v) is 2.60. The highest BCUT2D eigenvalue weighted by molar-refractivity contribution is 5.03. The minimum Gasteiger partial charge on any atom is -0.276 e. The SMILES string of the molecule is CCCCCCCCCC(CCc1cnn(C)c1)NN. The molecule has 1 aromatic heterocycles. The number of aryl methyl sites for hydroxylation is 2. The van der Waals surface area contributed by atoms with Crippen LogP contribution in [0.2, 0.25) is 0 Å². The van der Waals surface area contributed by atoms with Crippen molar-refractivity contribution in [3.8, 4) is 0 Å². The second-order valence-electron chi connectivity index (χ2n) is 5.83. The molecule has 3 N–H and O–H groups in total. The third-order valence-corrected chi connectivity index (χ3v) is 3.93. The van der Waals surface area contributed by atoms with E-state index in [4.69, 9.17) is 5.84 Å². The molecule has 0 bridgehead atoms. The van der Waals surface area contributed by atoms with Gasteiger partial charge in [0, 0.05) is 19.3 Å². The summed E-state index contributed by atoms with van der Waals surface area (Å²) in [5.41, 5.74) is 4.26. The normalized spacial score (nSPS) is 12.8. The molecule has 0 aliphatic rings. The van der Waals surface area contributed by atoms with Gasteiger partial charge in [-0.3, -0.25) is 16.0 Å². The monoisotopic (exact) mass is 280 g/mol. The van der Waals surface area contributed by atoms with Crippen LogP contribution in [0.4, 0.5) is 0 Å². The molecule has 0 aliphatic heterocycles. The molecule has 1 atom stereocenters. The summed E-state index contributed by atoms with van der Waals surface area (Å²) in [6.07, 6.45) is 16.9. The summed E-state index contributed by atoms with van der Waals surface area (Å²) in [5, 5.41) is 4.20. The van der Waals surface area contributed by atoms with Crippen molar-refractivity contribution >= 4 is 0 Å². The standard InChI is InChI=1S/C16H32N4/c1-3-4-5-6-7-8-9-10-16(19-17)12-11-15-13-18-20(2)14-15/h13-14,16,19H,3-12,17H2,1-2H3. The number of hydrazine groups is 1. The molecular weight excluding hydrogens is 248 g/mol. The molecule has 1 aromatic rings. The molecule has 0 amide bonds. The molecule has 0 saturated heterocycles. The van der Waals surface area contributed by atoms with Gasteiger partial charge < -0.3 is 0 Å². The van der Waals surface area contributed by atoms with E-state index >= 15 is 0 Å². The van der Waals surface area contributed by atoms with E-state index in [1.807, 2.05) is 17.9 Å². The van der Waals surface area contributed by atoms with Crippen LogP contribution < -0.4 is 11.3 Å². The first-order valence-electron chi connectivity index (χ1n) is 8.20. The molecule has 4 nitrogen and oxygen atoms in total. The number of nitrogens with one attached hydrogen (secondary N) is 1. The first-order valence-corrected chi connectivity index (χ1v) is 8.20. The van der Waals surface area contributed by atoms with E-state index in [-0.39, 0.29) is 0 Å². The lowest BCUT2D eigenvalue weighted by Gasteiger charge is -2.15. The van der Waals surface area contributed by atoms with Gasteiger partial charge in [0.15, 0.2) is 0 Å². The van der Waals surface area contributed by atoms with E-state index in [0.29, 0.717) is 6.04 Å². The van der Waals surface area contributed by atoms with E-state index in [1.54, 1.807) is 0 Å². The first-order chi connectivity index (χ1) is 9.76. The van der Waals surface area contributed by atoms with Crippen molar-refractivity contribution in [2.75, 3.05) is 0 Å². The molecule has 20 heavy (non-hydrogen) atoms. The van der Waals surface area contributed by atoms with Crippen LogP contribution in [0, 0.1) is 0 Å². The zero-order valence-electron chi connectivity index (χ0n) is 13.3. The van der Waals surface area contributed by atoms with Gasteiger partial charge in [-0.25, -0.2) is 0 Å². The van der Waals surface area contributed by atoms with Crippen molar-refractivity contribution < 1.29 is 0 Å². The van der Waals surface area contributed by atoms with Crippen molar-refractivity contribution in [3.63, 3.8) is 0 Å². The van der Waals surface area contributed by atoms with Gasteiger partial charge in [-0.1, -0.05) is 51.9 Å². The maximum absolute atomic E-state index is 5.65. The number of nitrogens with zero attached hydrogens (tertiary/aromatic N) is 2. The van der Waals surface area contributed by atoms with Crippen molar-refractivity contribution in [2.24, 2.45) is 12.9 Å². The third kappa shape index (κ3) is 7.65. The average molecular weight is 280 g/mol. The molecule has 116 valence electrons. The summed E-state index contributed by atoms with van der Waals surface area (Å²) in [7, 11) is 1.96. The van der Waals surface area contributed by atoms with E-state index in [1.165, 1.54) is 56.9 Å². The number of rotatable bonds is 12. The Morgan fingerprint density at radius 1 is 1.15 bits per heavy atom. The molecule has 0 radical (unpaired) electrons. The topological polar surface area (TPSA) is 55.9 Å². The Morgan fingerprint density at radius 3 is 2.45 bits per heavy atom. The fourth-order valence-electron chi connectivity index (χ4n) is 2.60. The Kier molecular flexibility index (Phi) is 9.33. The maximum Gasteiger partial charge on any atom is 0.0521 e. The number of unbranched alkanes of at least 4 members (excludes halogenated alkanes) is 6. The lowest BCUT2D eigenvalue weighted by molar-refractivity contribution is 0.438. The van der Waals surface area contributed by atoms with Crippen LogP contribution in [0.1, 0.15) is 70.3 Å². The predicted molar refractivity (Wildman–Crippen MR) is 85.3 cm³/mol. The highest BCUT2D eigenvalue weighted by Gasteiger charge is 2.07. The highest BCUT2D eigenvalue weighted by Crippen LogP contribution is 2.12. The van der Waals surface area contributed by atoms with Gasteiger partial charge in [0.05, 0.1) is 6.20 Å². The third-order valence-electron chi connectivity index (χ3n) is 3.93.